The molecule has 0 radical (unpaired) electrons. The molecule has 2 unspecified atom stereocenters. The zero-order chi connectivity index (χ0) is 28.8. The number of aliphatic hydroxyl groups excluding tert-OH is 1. The Hall–Kier alpha value is -1.80. The van der Waals surface area contributed by atoms with Gasteiger partial charge in [0.15, 0.2) is 0 Å². The molecule has 0 aromatic carbocycles. The maximum absolute atomic E-state index is 14.8. The van der Waals surface area contributed by atoms with Gasteiger partial charge in [-0.1, -0.05) is 39.8 Å². The fourth-order valence-corrected chi connectivity index (χ4v) is 9.98. The van der Waals surface area contributed by atoms with Crippen LogP contribution in [-0.2, 0) is 14.4 Å². The summed E-state index contributed by atoms with van der Waals surface area (Å²) in [6.07, 6.45) is 6.19. The summed E-state index contributed by atoms with van der Waals surface area (Å²) in [5.74, 6) is -1.47. The Morgan fingerprint density at radius 2 is 1.76 bits per heavy atom. The summed E-state index contributed by atoms with van der Waals surface area (Å²) >= 11 is 1.67. The minimum Gasteiger partial charge on any atom is -0.394 e. The molecule has 0 saturated carbocycles. The van der Waals surface area contributed by atoms with Crippen molar-refractivity contribution in [3.05, 3.63) is 25.3 Å². The van der Waals surface area contributed by atoms with Crippen molar-refractivity contribution in [2.75, 3.05) is 26.7 Å². The molecule has 3 heterocycles. The molecule has 1 spiro atoms. The van der Waals surface area contributed by atoms with Gasteiger partial charge in [0.2, 0.25) is 17.7 Å². The first kappa shape index (κ1) is 30.7. The highest BCUT2D eigenvalue weighted by Gasteiger charge is 2.78. The van der Waals surface area contributed by atoms with Crippen LogP contribution >= 0.6 is 11.8 Å². The van der Waals surface area contributed by atoms with Gasteiger partial charge >= 0.3 is 0 Å². The summed E-state index contributed by atoms with van der Waals surface area (Å²) in [5.41, 5.74) is -0.508. The number of hydrogen-bond acceptors (Lipinski definition) is 5. The van der Waals surface area contributed by atoms with Gasteiger partial charge in [-0.25, -0.2) is 0 Å². The Bertz CT molecular complexity index is 971. The quantitative estimate of drug-likeness (QED) is 0.394. The smallest absolute Gasteiger partial charge is 0.247 e. The van der Waals surface area contributed by atoms with E-state index in [0.717, 1.165) is 12.8 Å². The van der Waals surface area contributed by atoms with E-state index >= 15 is 0 Å². The SMILES string of the molecule is C=CCN(C)C(=O)[C@H]1[C@H]2C(=O)N([C@@H](CC)CO)C(C(=O)N(CC=C)C(C)(C)CC(C)(C)C)C23CC[C@]1(C)S3. The van der Waals surface area contributed by atoms with Crippen LogP contribution < -0.4 is 0 Å². The predicted molar refractivity (Wildman–Crippen MR) is 155 cm³/mol. The normalized spacial score (nSPS) is 31.2. The zero-order valence-electron chi connectivity index (χ0n) is 24.7. The second kappa shape index (κ2) is 10.6. The van der Waals surface area contributed by atoms with Gasteiger partial charge in [0.25, 0.3) is 0 Å². The summed E-state index contributed by atoms with van der Waals surface area (Å²) in [4.78, 5) is 48.1. The lowest BCUT2D eigenvalue weighted by atomic mass is 9.66. The minimum absolute atomic E-state index is 0.0203. The number of aliphatic hydroxyl groups is 1. The third kappa shape index (κ3) is 4.96. The Kier molecular flexibility index (Phi) is 8.61. The van der Waals surface area contributed by atoms with Gasteiger partial charge in [-0.15, -0.1) is 24.9 Å². The molecule has 3 aliphatic heterocycles. The second-order valence-corrected chi connectivity index (χ2v) is 15.4. The van der Waals surface area contributed by atoms with Crippen molar-refractivity contribution in [3.63, 3.8) is 0 Å². The van der Waals surface area contributed by atoms with Crippen molar-refractivity contribution in [2.45, 2.75) is 101 Å². The number of carbonyl (C=O) groups is 3. The standard InChI is InChI=1S/C30H49N3O4S/c1-11-16-31(10)24(35)21-22-25(36)33(20(13-3)18-34)23(30(22)15-14-29(21,9)38-30)26(37)32(17-12-2)28(7,8)19-27(4,5)6/h11-12,20-23,34H,1-2,13-19H2,3-10H3/t20-,21+,22-,23?,29-,30?/m0/s1. The van der Waals surface area contributed by atoms with E-state index in [1.807, 2.05) is 11.8 Å². The van der Waals surface area contributed by atoms with E-state index in [9.17, 15) is 19.5 Å². The molecule has 3 aliphatic rings. The highest BCUT2D eigenvalue weighted by atomic mass is 32.2. The molecule has 214 valence electrons. The molecule has 3 rings (SSSR count). The van der Waals surface area contributed by atoms with Gasteiger partial charge < -0.3 is 19.8 Å². The fourth-order valence-electron chi connectivity index (χ4n) is 7.65. The van der Waals surface area contributed by atoms with Crippen molar-refractivity contribution in [2.24, 2.45) is 17.3 Å². The molecule has 8 heteroatoms. The van der Waals surface area contributed by atoms with Crippen LogP contribution in [0.1, 0.15) is 74.1 Å². The van der Waals surface area contributed by atoms with Crippen LogP contribution in [0.5, 0.6) is 0 Å². The van der Waals surface area contributed by atoms with Crippen molar-refractivity contribution in [3.8, 4) is 0 Å². The summed E-state index contributed by atoms with van der Waals surface area (Å²) in [5, 5.41) is 10.3. The summed E-state index contributed by atoms with van der Waals surface area (Å²) < 4.78 is -1.14. The van der Waals surface area contributed by atoms with E-state index in [-0.39, 0.29) is 29.7 Å². The number of nitrogens with zero attached hydrogens (tertiary/aromatic N) is 3. The van der Waals surface area contributed by atoms with Gasteiger partial charge in [0, 0.05) is 30.4 Å². The van der Waals surface area contributed by atoms with E-state index in [1.165, 1.54) is 0 Å². The van der Waals surface area contributed by atoms with Crippen molar-refractivity contribution >= 4 is 29.5 Å². The number of amides is 3. The molecule has 7 nitrogen and oxygen atoms in total. The average Bonchev–Trinajstić information content (AvgIpc) is 3.37. The average molecular weight is 548 g/mol. The highest BCUT2D eigenvalue weighted by Crippen LogP contribution is 2.72. The van der Waals surface area contributed by atoms with Crippen LogP contribution in [0.4, 0.5) is 0 Å². The van der Waals surface area contributed by atoms with Gasteiger partial charge in [0.05, 0.1) is 29.2 Å². The number of rotatable bonds is 11. The van der Waals surface area contributed by atoms with Gasteiger partial charge in [-0.05, 0) is 51.9 Å². The van der Waals surface area contributed by atoms with E-state index in [0.29, 0.717) is 25.9 Å². The topological polar surface area (TPSA) is 81.2 Å². The Morgan fingerprint density at radius 3 is 2.26 bits per heavy atom. The molecule has 1 N–H and O–H groups in total. The predicted octanol–water partition coefficient (Wildman–Crippen LogP) is 4.11. The summed E-state index contributed by atoms with van der Waals surface area (Å²) in [6.45, 7) is 22.9. The third-order valence-electron chi connectivity index (χ3n) is 8.84. The number of hydrogen-bond donors (Lipinski definition) is 1. The molecule has 3 amide bonds. The first-order valence-electron chi connectivity index (χ1n) is 14.0. The molecule has 38 heavy (non-hydrogen) atoms. The second-order valence-electron chi connectivity index (χ2n) is 13.5. The van der Waals surface area contributed by atoms with E-state index in [4.69, 9.17) is 0 Å². The third-order valence-corrected chi connectivity index (χ3v) is 10.8. The molecule has 2 bridgehead atoms. The number of carbonyl (C=O) groups excluding carboxylic acids is 3. The Labute approximate surface area is 234 Å². The Morgan fingerprint density at radius 1 is 1.16 bits per heavy atom. The lowest BCUT2D eigenvalue weighted by Gasteiger charge is -2.46. The first-order chi connectivity index (χ1) is 17.5. The van der Waals surface area contributed by atoms with Gasteiger partial charge in [0.1, 0.15) is 6.04 Å². The molecule has 3 fully saturated rings. The van der Waals surface area contributed by atoms with Crippen molar-refractivity contribution in [1.82, 2.24) is 14.7 Å². The highest BCUT2D eigenvalue weighted by molar-refractivity contribution is 8.02. The lowest BCUT2D eigenvalue weighted by molar-refractivity contribution is -0.149. The number of likely N-dealkylation sites (N-methyl/N-ethyl adjacent to an activating group) is 1. The molecule has 3 saturated heterocycles. The lowest BCUT2D eigenvalue weighted by Crippen LogP contribution is -2.61. The largest absolute Gasteiger partial charge is 0.394 e. The van der Waals surface area contributed by atoms with Gasteiger partial charge in [-0.3, -0.25) is 14.4 Å². The van der Waals surface area contributed by atoms with Crippen LogP contribution in [0.15, 0.2) is 25.3 Å². The molecule has 0 aliphatic carbocycles. The van der Waals surface area contributed by atoms with Crippen LogP contribution in [0.2, 0.25) is 0 Å². The number of likely N-dealkylation sites (tertiary alicyclic amines) is 1. The van der Waals surface area contributed by atoms with Crippen molar-refractivity contribution < 1.29 is 19.5 Å². The Balaban J connectivity index is 2.17. The molecule has 0 aromatic heterocycles. The van der Waals surface area contributed by atoms with Crippen LogP contribution in [0.3, 0.4) is 0 Å². The zero-order valence-corrected chi connectivity index (χ0v) is 25.6. The fraction of sp³-hybridized carbons (Fsp3) is 0.767. The molecular weight excluding hydrogens is 498 g/mol. The van der Waals surface area contributed by atoms with Crippen LogP contribution in [-0.4, -0.2) is 91.4 Å². The van der Waals surface area contributed by atoms with E-state index in [1.54, 1.807) is 40.8 Å². The van der Waals surface area contributed by atoms with Crippen molar-refractivity contribution in [1.29, 1.82) is 0 Å². The molecule has 0 aromatic rings. The number of fused-ring (bicyclic) bond motifs is 1. The number of thioether (sulfide) groups is 1. The maximum atomic E-state index is 14.8. The van der Waals surface area contributed by atoms with E-state index < -0.39 is 39.0 Å². The summed E-state index contributed by atoms with van der Waals surface area (Å²) in [7, 11) is 1.75. The van der Waals surface area contributed by atoms with Crippen LogP contribution in [0, 0.1) is 17.3 Å². The van der Waals surface area contributed by atoms with Crippen LogP contribution in [0.25, 0.3) is 0 Å². The first-order valence-corrected chi connectivity index (χ1v) is 14.8. The monoisotopic (exact) mass is 547 g/mol. The molecular formula is C30H49N3O4S. The van der Waals surface area contributed by atoms with Gasteiger partial charge in [-0.2, -0.15) is 0 Å². The van der Waals surface area contributed by atoms with E-state index in [2.05, 4.69) is 54.7 Å². The summed E-state index contributed by atoms with van der Waals surface area (Å²) in [6, 6.07) is -1.23. The minimum atomic E-state index is -0.745. The molecule has 6 atom stereocenters. The maximum Gasteiger partial charge on any atom is 0.247 e.